The Morgan fingerprint density at radius 2 is 1.68 bits per heavy atom. The van der Waals surface area contributed by atoms with Gasteiger partial charge in [0.15, 0.2) is 5.65 Å². The summed E-state index contributed by atoms with van der Waals surface area (Å²) >= 11 is 9.93. The Kier molecular flexibility index (Phi) is 7.34. The Hall–Kier alpha value is -3.95. The van der Waals surface area contributed by atoms with Gasteiger partial charge in [0.1, 0.15) is 11.6 Å². The third-order valence-corrected chi connectivity index (χ3v) is 6.54. The summed E-state index contributed by atoms with van der Waals surface area (Å²) in [6.45, 7) is 0.849. The summed E-state index contributed by atoms with van der Waals surface area (Å²) in [7, 11) is 0. The Morgan fingerprint density at radius 3 is 2.43 bits per heavy atom. The summed E-state index contributed by atoms with van der Waals surface area (Å²) in [5, 5.41) is 13.7. The zero-order valence-electron chi connectivity index (χ0n) is 19.4. The van der Waals surface area contributed by atoms with Crippen molar-refractivity contribution >= 4 is 50.7 Å². The number of fused-ring (bicyclic) bond motifs is 1. The van der Waals surface area contributed by atoms with Crippen LogP contribution in [0.4, 0.5) is 20.7 Å². The number of hydrogen-bond acceptors (Lipinski definition) is 4. The highest BCUT2D eigenvalue weighted by molar-refractivity contribution is 9.10. The van der Waals surface area contributed by atoms with Gasteiger partial charge in [-0.1, -0.05) is 66.2 Å². The molecule has 2 heterocycles. The highest BCUT2D eigenvalue weighted by Gasteiger charge is 2.13. The lowest BCUT2D eigenvalue weighted by Gasteiger charge is -2.12. The molecular formula is C27H21BrClFN6O. The quantitative estimate of drug-likeness (QED) is 0.196. The van der Waals surface area contributed by atoms with Gasteiger partial charge in [-0.2, -0.15) is 9.61 Å². The number of para-hydroxylation sites is 1. The van der Waals surface area contributed by atoms with Crippen LogP contribution in [0.3, 0.4) is 0 Å². The molecule has 0 unspecified atom stereocenters. The van der Waals surface area contributed by atoms with Crippen LogP contribution in [0, 0.1) is 5.82 Å². The van der Waals surface area contributed by atoms with Gasteiger partial charge < -0.3 is 16.0 Å². The SMILES string of the molecule is O=C(NCc1ccc(CNc2cc(-c3ccccc3Cl)nc3c(Br)cnn23)cc1)Nc1ccccc1F. The molecule has 0 radical (unpaired) electrons. The van der Waals surface area contributed by atoms with E-state index < -0.39 is 11.8 Å². The number of nitrogens with one attached hydrogen (secondary N) is 3. The number of hydrogen-bond donors (Lipinski definition) is 3. The Balaban J connectivity index is 1.25. The average Bonchev–Trinajstić information content (AvgIpc) is 3.29. The van der Waals surface area contributed by atoms with Gasteiger partial charge in [0.2, 0.25) is 0 Å². The number of nitrogens with zero attached hydrogens (tertiary/aromatic N) is 3. The lowest BCUT2D eigenvalue weighted by Crippen LogP contribution is -2.28. The van der Waals surface area contributed by atoms with Crippen LogP contribution in [0.5, 0.6) is 0 Å². The molecule has 3 N–H and O–H groups in total. The second kappa shape index (κ2) is 11.0. The molecule has 0 saturated carbocycles. The molecule has 0 fully saturated rings. The summed E-state index contributed by atoms with van der Waals surface area (Å²) in [5.41, 5.74) is 4.32. The van der Waals surface area contributed by atoms with Crippen LogP contribution in [-0.2, 0) is 13.1 Å². The highest BCUT2D eigenvalue weighted by Crippen LogP contribution is 2.30. The molecule has 0 saturated heterocycles. The van der Waals surface area contributed by atoms with Gasteiger partial charge in [-0.15, -0.1) is 0 Å². The van der Waals surface area contributed by atoms with E-state index in [-0.39, 0.29) is 5.69 Å². The topological polar surface area (TPSA) is 83.3 Å². The molecule has 7 nitrogen and oxygen atoms in total. The van der Waals surface area contributed by atoms with Crippen LogP contribution in [0.15, 0.2) is 89.5 Å². The minimum Gasteiger partial charge on any atom is -0.366 e. The van der Waals surface area contributed by atoms with Gasteiger partial charge in [0, 0.05) is 29.7 Å². The molecule has 0 aliphatic rings. The van der Waals surface area contributed by atoms with Gasteiger partial charge in [-0.3, -0.25) is 0 Å². The van der Waals surface area contributed by atoms with E-state index in [1.54, 1.807) is 22.8 Å². The number of aromatic nitrogens is 3. The zero-order chi connectivity index (χ0) is 25.8. The van der Waals surface area contributed by atoms with Crippen molar-refractivity contribution in [1.82, 2.24) is 19.9 Å². The van der Waals surface area contributed by atoms with Crippen molar-refractivity contribution in [2.24, 2.45) is 0 Å². The van der Waals surface area contributed by atoms with Crippen molar-refractivity contribution in [1.29, 1.82) is 0 Å². The fraction of sp³-hybridized carbons (Fsp3) is 0.0741. The number of carbonyl (C=O) groups excluding carboxylic acids is 1. The van der Waals surface area contributed by atoms with Gasteiger partial charge in [0.25, 0.3) is 0 Å². The van der Waals surface area contributed by atoms with Crippen molar-refractivity contribution in [3.8, 4) is 11.3 Å². The monoisotopic (exact) mass is 578 g/mol. The number of carbonyl (C=O) groups is 1. The lowest BCUT2D eigenvalue weighted by atomic mass is 10.1. The largest absolute Gasteiger partial charge is 0.366 e. The number of urea groups is 1. The van der Waals surface area contributed by atoms with E-state index >= 15 is 0 Å². The normalized spacial score (nSPS) is 10.9. The first kappa shape index (κ1) is 24.7. The number of amides is 2. The fourth-order valence-corrected chi connectivity index (χ4v) is 4.33. The molecule has 0 atom stereocenters. The van der Waals surface area contributed by atoms with Crippen LogP contribution in [-0.4, -0.2) is 20.6 Å². The average molecular weight is 580 g/mol. The van der Waals surface area contributed by atoms with Crippen LogP contribution in [0.1, 0.15) is 11.1 Å². The Bertz CT molecular complexity index is 1570. The molecule has 0 spiro atoms. The summed E-state index contributed by atoms with van der Waals surface area (Å²) in [5.74, 6) is 0.281. The molecule has 186 valence electrons. The smallest absolute Gasteiger partial charge is 0.319 e. The predicted molar refractivity (Wildman–Crippen MR) is 147 cm³/mol. The van der Waals surface area contributed by atoms with Gasteiger partial charge in [-0.25, -0.2) is 14.2 Å². The lowest BCUT2D eigenvalue weighted by molar-refractivity contribution is 0.251. The van der Waals surface area contributed by atoms with Crippen molar-refractivity contribution in [2.75, 3.05) is 10.6 Å². The molecule has 0 aliphatic carbocycles. The first-order valence-electron chi connectivity index (χ1n) is 11.4. The second-order valence-corrected chi connectivity index (χ2v) is 9.45. The number of halogens is 3. The summed E-state index contributed by atoms with van der Waals surface area (Å²) in [4.78, 5) is 16.8. The van der Waals surface area contributed by atoms with Crippen molar-refractivity contribution < 1.29 is 9.18 Å². The number of benzene rings is 3. The van der Waals surface area contributed by atoms with E-state index in [0.717, 1.165) is 32.7 Å². The first-order valence-corrected chi connectivity index (χ1v) is 12.6. The van der Waals surface area contributed by atoms with E-state index in [4.69, 9.17) is 16.6 Å². The minimum absolute atomic E-state index is 0.133. The molecule has 3 aromatic carbocycles. The van der Waals surface area contributed by atoms with Gasteiger partial charge in [0.05, 0.1) is 22.1 Å². The van der Waals surface area contributed by atoms with Gasteiger partial charge in [-0.05, 0) is 45.3 Å². The molecule has 37 heavy (non-hydrogen) atoms. The molecule has 0 aliphatic heterocycles. The first-order chi connectivity index (χ1) is 18.0. The van der Waals surface area contributed by atoms with Crippen molar-refractivity contribution in [3.63, 3.8) is 0 Å². The van der Waals surface area contributed by atoms with Crippen LogP contribution < -0.4 is 16.0 Å². The highest BCUT2D eigenvalue weighted by atomic mass is 79.9. The molecule has 5 rings (SSSR count). The molecule has 0 bridgehead atoms. The van der Waals surface area contributed by atoms with E-state index in [9.17, 15) is 9.18 Å². The number of rotatable bonds is 7. The van der Waals surface area contributed by atoms with Gasteiger partial charge >= 0.3 is 6.03 Å². The van der Waals surface area contributed by atoms with Crippen molar-refractivity contribution in [3.05, 3.63) is 111 Å². The third-order valence-electron chi connectivity index (χ3n) is 5.65. The van der Waals surface area contributed by atoms with E-state index in [2.05, 4.69) is 37.0 Å². The standard InChI is InChI=1S/C27H21BrClFN6O/c28-20-16-33-36-25(13-24(34-26(20)36)19-5-1-2-6-21(19)29)31-14-17-9-11-18(12-10-17)15-32-27(37)35-23-8-4-3-7-22(23)30/h1-13,16,31H,14-15H2,(H2,32,35,37). The molecule has 10 heteroatoms. The molecular weight excluding hydrogens is 559 g/mol. The van der Waals surface area contributed by atoms with E-state index in [0.29, 0.717) is 23.8 Å². The number of anilines is 2. The molecule has 5 aromatic rings. The third kappa shape index (κ3) is 5.73. The van der Waals surface area contributed by atoms with Crippen molar-refractivity contribution in [2.45, 2.75) is 13.1 Å². The molecule has 2 aromatic heterocycles. The second-order valence-electron chi connectivity index (χ2n) is 8.19. The maximum Gasteiger partial charge on any atom is 0.319 e. The summed E-state index contributed by atoms with van der Waals surface area (Å²) in [6.07, 6.45) is 1.70. The zero-order valence-corrected chi connectivity index (χ0v) is 21.7. The fourth-order valence-electron chi connectivity index (χ4n) is 3.75. The summed E-state index contributed by atoms with van der Waals surface area (Å²) < 4.78 is 16.2. The Labute approximate surface area is 225 Å². The molecule has 2 amide bonds. The van der Waals surface area contributed by atoms with Crippen LogP contribution >= 0.6 is 27.5 Å². The van der Waals surface area contributed by atoms with E-state index in [1.165, 1.54) is 12.1 Å². The minimum atomic E-state index is -0.484. The maximum atomic E-state index is 13.7. The Morgan fingerprint density at radius 1 is 0.973 bits per heavy atom. The predicted octanol–water partition coefficient (Wildman–Crippen LogP) is 6.89. The van der Waals surface area contributed by atoms with Crippen LogP contribution in [0.2, 0.25) is 5.02 Å². The summed E-state index contributed by atoms with van der Waals surface area (Å²) in [6, 6.07) is 22.9. The van der Waals surface area contributed by atoms with Crippen LogP contribution in [0.25, 0.3) is 16.9 Å². The maximum absolute atomic E-state index is 13.7. The van der Waals surface area contributed by atoms with E-state index in [1.807, 2.05) is 54.6 Å².